The van der Waals surface area contributed by atoms with Crippen molar-refractivity contribution in [2.45, 2.75) is 13.5 Å². The molecular formula is C24H20N2O5S. The predicted octanol–water partition coefficient (Wildman–Crippen LogP) is 4.04. The molecule has 3 aromatic rings. The molecule has 7 nitrogen and oxygen atoms in total. The second-order valence-electron chi connectivity index (χ2n) is 7.36. The molecule has 0 atom stereocenters. The van der Waals surface area contributed by atoms with Crippen molar-refractivity contribution in [1.29, 1.82) is 0 Å². The first kappa shape index (κ1) is 21.6. The first-order valence-electron chi connectivity index (χ1n) is 9.87. The number of fused-ring (bicyclic) bond motifs is 1. The molecule has 4 rings (SSSR count). The monoisotopic (exact) mass is 448 g/mol. The zero-order valence-electron chi connectivity index (χ0n) is 17.5. The third kappa shape index (κ3) is 4.22. The van der Waals surface area contributed by atoms with Gasteiger partial charge in [0.15, 0.2) is 5.78 Å². The van der Waals surface area contributed by atoms with E-state index in [1.54, 1.807) is 29.0 Å². The number of thioether (sulfide) groups is 1. The number of benzene rings is 2. The Balaban J connectivity index is 1.60. The highest BCUT2D eigenvalue weighted by Gasteiger charge is 2.36. The van der Waals surface area contributed by atoms with Crippen molar-refractivity contribution < 1.29 is 23.9 Å². The summed E-state index contributed by atoms with van der Waals surface area (Å²) in [5.41, 5.74) is 2.96. The van der Waals surface area contributed by atoms with Crippen LogP contribution >= 0.6 is 11.8 Å². The molecule has 0 bridgehead atoms. The molecule has 32 heavy (non-hydrogen) atoms. The third-order valence-corrected chi connectivity index (χ3v) is 6.09. The Morgan fingerprint density at radius 2 is 1.75 bits per heavy atom. The highest BCUT2D eigenvalue weighted by atomic mass is 32.2. The topological polar surface area (TPSA) is 85.7 Å². The van der Waals surface area contributed by atoms with Crippen LogP contribution < -0.4 is 0 Å². The number of rotatable bonds is 6. The number of ketones is 1. The average molecular weight is 449 g/mol. The van der Waals surface area contributed by atoms with Gasteiger partial charge in [-0.3, -0.25) is 24.1 Å². The molecule has 2 amide bonds. The van der Waals surface area contributed by atoms with Gasteiger partial charge in [-0.05, 0) is 30.8 Å². The quantitative estimate of drug-likeness (QED) is 0.321. The molecule has 162 valence electrons. The first-order valence-corrected chi connectivity index (χ1v) is 10.7. The number of methoxy groups -OCH3 is 1. The highest BCUT2D eigenvalue weighted by molar-refractivity contribution is 8.18. The number of hydrogen-bond acceptors (Lipinski definition) is 6. The van der Waals surface area contributed by atoms with Crippen LogP contribution in [0.4, 0.5) is 4.79 Å². The van der Waals surface area contributed by atoms with Gasteiger partial charge in [-0.15, -0.1) is 0 Å². The number of aryl methyl sites for hydroxylation is 1. The van der Waals surface area contributed by atoms with Crippen molar-refractivity contribution >= 4 is 51.6 Å². The summed E-state index contributed by atoms with van der Waals surface area (Å²) in [7, 11) is 1.32. The van der Waals surface area contributed by atoms with Gasteiger partial charge in [-0.25, -0.2) is 0 Å². The van der Waals surface area contributed by atoms with E-state index < -0.39 is 17.1 Å². The van der Waals surface area contributed by atoms with Gasteiger partial charge in [0.2, 0.25) is 0 Å². The van der Waals surface area contributed by atoms with Gasteiger partial charge in [0.25, 0.3) is 11.1 Å². The van der Waals surface area contributed by atoms with Crippen molar-refractivity contribution in [3.05, 3.63) is 76.3 Å². The van der Waals surface area contributed by atoms with Gasteiger partial charge in [-0.2, -0.15) is 0 Å². The molecule has 1 aromatic heterocycles. The van der Waals surface area contributed by atoms with Crippen molar-refractivity contribution in [3.8, 4) is 0 Å². The summed E-state index contributed by atoms with van der Waals surface area (Å²) in [6.45, 7) is 1.63. The minimum absolute atomic E-state index is 0.0252. The first-order chi connectivity index (χ1) is 15.4. The molecule has 8 heteroatoms. The number of esters is 1. The van der Waals surface area contributed by atoms with Gasteiger partial charge in [-0.1, -0.05) is 48.0 Å². The number of carbonyl (C=O) groups excluding carboxylic acids is 4. The fraction of sp³-hybridized carbons (Fsp3) is 0.167. The largest absolute Gasteiger partial charge is 0.468 e. The number of Topliss-reactive ketones (excluding diaryl/α,β-unsaturated/α-hetero) is 1. The number of hydrogen-bond donors (Lipinski definition) is 0. The van der Waals surface area contributed by atoms with Crippen molar-refractivity contribution in [2.75, 3.05) is 13.7 Å². The number of amides is 2. The molecule has 0 aliphatic carbocycles. The summed E-state index contributed by atoms with van der Waals surface area (Å²) in [5.74, 6) is -1.21. The van der Waals surface area contributed by atoms with Gasteiger partial charge < -0.3 is 9.30 Å². The zero-order valence-corrected chi connectivity index (χ0v) is 18.3. The van der Waals surface area contributed by atoms with E-state index in [0.717, 1.165) is 33.1 Å². The molecule has 0 unspecified atom stereocenters. The van der Waals surface area contributed by atoms with Crippen LogP contribution in [0.3, 0.4) is 0 Å². The molecule has 1 fully saturated rings. The average Bonchev–Trinajstić information content (AvgIpc) is 3.26. The maximum Gasteiger partial charge on any atom is 0.325 e. The lowest BCUT2D eigenvalue weighted by Gasteiger charge is -2.11. The lowest BCUT2D eigenvalue weighted by Crippen LogP contribution is -2.33. The fourth-order valence-corrected chi connectivity index (χ4v) is 4.31. The summed E-state index contributed by atoms with van der Waals surface area (Å²) in [6.07, 6.45) is 3.37. The van der Waals surface area contributed by atoms with Crippen LogP contribution in [0.25, 0.3) is 17.0 Å². The Labute approximate surface area is 188 Å². The van der Waals surface area contributed by atoms with E-state index in [4.69, 9.17) is 4.74 Å². The second-order valence-corrected chi connectivity index (χ2v) is 8.36. The van der Waals surface area contributed by atoms with E-state index in [9.17, 15) is 19.2 Å². The molecule has 2 heterocycles. The minimum atomic E-state index is -0.509. The lowest BCUT2D eigenvalue weighted by atomic mass is 10.1. The Kier molecular flexibility index (Phi) is 5.96. The Morgan fingerprint density at radius 3 is 2.47 bits per heavy atom. The summed E-state index contributed by atoms with van der Waals surface area (Å²) in [4.78, 5) is 50.9. The van der Waals surface area contributed by atoms with Gasteiger partial charge >= 0.3 is 5.97 Å². The molecule has 0 spiro atoms. The Bertz CT molecular complexity index is 1270. The van der Waals surface area contributed by atoms with Crippen LogP contribution in [0.2, 0.25) is 0 Å². The van der Waals surface area contributed by atoms with E-state index >= 15 is 0 Å². The summed E-state index contributed by atoms with van der Waals surface area (Å²) in [6, 6.07) is 14.4. The number of ether oxygens (including phenoxy) is 1. The van der Waals surface area contributed by atoms with Crippen LogP contribution in [-0.4, -0.2) is 46.0 Å². The predicted molar refractivity (Wildman–Crippen MR) is 122 cm³/mol. The number of imide groups is 1. The molecular weight excluding hydrogens is 428 g/mol. The number of nitrogens with zero attached hydrogens (tertiary/aromatic N) is 2. The summed E-state index contributed by atoms with van der Waals surface area (Å²) >= 11 is 0.798. The Hall–Kier alpha value is -3.65. The van der Waals surface area contributed by atoms with E-state index in [2.05, 4.69) is 0 Å². The van der Waals surface area contributed by atoms with E-state index in [1.807, 2.05) is 43.3 Å². The van der Waals surface area contributed by atoms with Gasteiger partial charge in [0.05, 0.1) is 18.6 Å². The summed E-state index contributed by atoms with van der Waals surface area (Å²) in [5, 5.41) is 0.346. The highest BCUT2D eigenvalue weighted by Crippen LogP contribution is 2.34. The SMILES string of the molecule is COC(=O)Cn1cc(/C=C2\SC(=O)N(CC(=O)c3ccc(C)cc3)C2=O)c2ccccc21. The normalized spacial score (nSPS) is 15.1. The van der Waals surface area contributed by atoms with E-state index in [1.165, 1.54) is 7.11 Å². The zero-order chi connectivity index (χ0) is 22.8. The molecule has 0 N–H and O–H groups in total. The summed E-state index contributed by atoms with van der Waals surface area (Å²) < 4.78 is 6.49. The maximum atomic E-state index is 12.9. The fourth-order valence-electron chi connectivity index (χ4n) is 3.48. The van der Waals surface area contributed by atoms with Crippen LogP contribution in [0.1, 0.15) is 21.5 Å². The second kappa shape index (κ2) is 8.84. The van der Waals surface area contributed by atoms with Gasteiger partial charge in [0, 0.05) is 28.2 Å². The van der Waals surface area contributed by atoms with E-state index in [-0.39, 0.29) is 23.8 Å². The maximum absolute atomic E-state index is 12.9. The van der Waals surface area contributed by atoms with Crippen LogP contribution in [0.5, 0.6) is 0 Å². The molecule has 0 radical (unpaired) electrons. The minimum Gasteiger partial charge on any atom is -0.468 e. The van der Waals surface area contributed by atoms with Crippen LogP contribution in [-0.2, 0) is 20.9 Å². The molecule has 2 aromatic carbocycles. The van der Waals surface area contributed by atoms with E-state index in [0.29, 0.717) is 11.1 Å². The standard InChI is InChI=1S/C24H20N2O5S/c1-15-7-9-16(10-8-15)20(27)13-26-23(29)21(32-24(26)30)11-17-12-25(14-22(28)31-2)19-6-4-3-5-18(17)19/h3-12H,13-14H2,1-2H3/b21-11-. The number of para-hydroxylation sites is 1. The van der Waals surface area contributed by atoms with Gasteiger partial charge in [0.1, 0.15) is 6.54 Å². The Morgan fingerprint density at radius 1 is 1.03 bits per heavy atom. The number of aromatic nitrogens is 1. The molecule has 1 aliphatic rings. The van der Waals surface area contributed by atoms with Crippen molar-refractivity contribution in [3.63, 3.8) is 0 Å². The van der Waals surface area contributed by atoms with Crippen molar-refractivity contribution in [2.24, 2.45) is 0 Å². The molecule has 1 aliphatic heterocycles. The van der Waals surface area contributed by atoms with Crippen molar-refractivity contribution in [1.82, 2.24) is 9.47 Å². The molecule has 0 saturated carbocycles. The van der Waals surface area contributed by atoms with Crippen LogP contribution in [0, 0.1) is 6.92 Å². The number of carbonyl (C=O) groups is 4. The third-order valence-electron chi connectivity index (χ3n) is 5.18. The molecule has 1 saturated heterocycles. The lowest BCUT2D eigenvalue weighted by molar-refractivity contribution is -0.141. The smallest absolute Gasteiger partial charge is 0.325 e. The van der Waals surface area contributed by atoms with Crippen LogP contribution in [0.15, 0.2) is 59.6 Å².